The van der Waals surface area contributed by atoms with E-state index in [9.17, 15) is 4.79 Å². The van der Waals surface area contributed by atoms with Crippen molar-refractivity contribution in [1.82, 2.24) is 14.6 Å². The zero-order valence-electron chi connectivity index (χ0n) is 14.2. The van der Waals surface area contributed by atoms with Crippen LogP contribution in [0, 0.1) is 0 Å². The van der Waals surface area contributed by atoms with Gasteiger partial charge in [0.05, 0.1) is 4.53 Å². The van der Waals surface area contributed by atoms with Crippen molar-refractivity contribution in [3.8, 4) is 11.4 Å². The largest absolute Gasteiger partial charge is 0.378 e. The maximum Gasteiger partial charge on any atom is 0.291 e. The molecule has 0 unspecified atom stereocenters. The highest BCUT2D eigenvalue weighted by Gasteiger charge is 2.12. The lowest BCUT2D eigenvalue weighted by Gasteiger charge is -2.11. The molecule has 0 aliphatic heterocycles. The Morgan fingerprint density at radius 2 is 1.92 bits per heavy atom. The predicted octanol–water partition coefficient (Wildman–Crippen LogP) is 3.09. The smallest absolute Gasteiger partial charge is 0.291 e. The molecular formula is C19H15ClN4OS. The summed E-state index contributed by atoms with van der Waals surface area (Å²) in [6.07, 6.45) is 1.86. The molecule has 0 N–H and O–H groups in total. The van der Waals surface area contributed by atoms with E-state index in [0.29, 0.717) is 20.3 Å². The van der Waals surface area contributed by atoms with Gasteiger partial charge in [0.1, 0.15) is 0 Å². The number of anilines is 1. The van der Waals surface area contributed by atoms with Gasteiger partial charge in [-0.25, -0.2) is 0 Å². The number of nitrogens with zero attached hydrogens (tertiary/aromatic N) is 4. The van der Waals surface area contributed by atoms with Gasteiger partial charge >= 0.3 is 0 Å². The lowest BCUT2D eigenvalue weighted by molar-refractivity contribution is 0.937. The van der Waals surface area contributed by atoms with Crippen LogP contribution in [0.5, 0.6) is 0 Å². The fourth-order valence-electron chi connectivity index (χ4n) is 2.60. The molecule has 2 aromatic carbocycles. The molecule has 0 aliphatic carbocycles. The van der Waals surface area contributed by atoms with Crippen molar-refractivity contribution in [2.75, 3.05) is 19.0 Å². The second-order valence-electron chi connectivity index (χ2n) is 6.04. The van der Waals surface area contributed by atoms with Gasteiger partial charge in [0.15, 0.2) is 5.82 Å². The van der Waals surface area contributed by atoms with E-state index >= 15 is 0 Å². The van der Waals surface area contributed by atoms with E-state index in [2.05, 4.69) is 10.1 Å². The highest BCUT2D eigenvalue weighted by molar-refractivity contribution is 7.15. The summed E-state index contributed by atoms with van der Waals surface area (Å²) < 4.78 is 1.95. The first-order chi connectivity index (χ1) is 12.5. The van der Waals surface area contributed by atoms with Crippen LogP contribution in [0.15, 0.2) is 53.3 Å². The van der Waals surface area contributed by atoms with Crippen molar-refractivity contribution < 1.29 is 0 Å². The summed E-state index contributed by atoms with van der Waals surface area (Å²) in [6, 6.07) is 15.3. The zero-order chi connectivity index (χ0) is 18.3. The SMILES string of the molecule is CN(C)c1ccc(C=c2sc3nc(-c4cccc(Cl)c4)nn3c2=O)cc1. The molecular weight excluding hydrogens is 368 g/mol. The van der Waals surface area contributed by atoms with E-state index in [0.717, 1.165) is 16.8 Å². The van der Waals surface area contributed by atoms with E-state index in [-0.39, 0.29) is 5.56 Å². The Hall–Kier alpha value is -2.70. The molecule has 7 heteroatoms. The molecule has 5 nitrogen and oxygen atoms in total. The molecule has 0 saturated heterocycles. The lowest BCUT2D eigenvalue weighted by Crippen LogP contribution is -2.23. The van der Waals surface area contributed by atoms with Gasteiger partial charge in [-0.3, -0.25) is 4.79 Å². The van der Waals surface area contributed by atoms with Crippen LogP contribution in [-0.2, 0) is 0 Å². The third-order valence-electron chi connectivity index (χ3n) is 3.97. The van der Waals surface area contributed by atoms with Crippen molar-refractivity contribution in [2.45, 2.75) is 0 Å². The summed E-state index contributed by atoms with van der Waals surface area (Å²) in [7, 11) is 3.98. The Morgan fingerprint density at radius 3 is 2.58 bits per heavy atom. The Labute approximate surface area is 158 Å². The molecule has 2 heterocycles. The molecule has 26 heavy (non-hydrogen) atoms. The quantitative estimate of drug-likeness (QED) is 0.546. The number of thiazole rings is 1. The minimum atomic E-state index is -0.164. The Balaban J connectivity index is 1.75. The van der Waals surface area contributed by atoms with Crippen molar-refractivity contribution in [3.63, 3.8) is 0 Å². The number of hydrogen-bond acceptors (Lipinski definition) is 5. The molecule has 0 radical (unpaired) electrons. The molecule has 0 aliphatic rings. The Morgan fingerprint density at radius 1 is 1.15 bits per heavy atom. The van der Waals surface area contributed by atoms with Gasteiger partial charge in [-0.1, -0.05) is 47.2 Å². The summed E-state index contributed by atoms with van der Waals surface area (Å²) in [6.45, 7) is 0. The van der Waals surface area contributed by atoms with Gasteiger partial charge in [-0.15, -0.1) is 5.10 Å². The second kappa shape index (κ2) is 6.55. The summed E-state index contributed by atoms with van der Waals surface area (Å²) >= 11 is 7.34. The predicted molar refractivity (Wildman–Crippen MR) is 107 cm³/mol. The molecule has 4 rings (SSSR count). The van der Waals surface area contributed by atoms with Gasteiger partial charge in [0.2, 0.25) is 4.96 Å². The molecule has 0 saturated carbocycles. The highest BCUT2D eigenvalue weighted by atomic mass is 35.5. The molecule has 130 valence electrons. The van der Waals surface area contributed by atoms with Crippen LogP contribution < -0.4 is 15.0 Å². The number of rotatable bonds is 3. The van der Waals surface area contributed by atoms with Crippen LogP contribution in [0.2, 0.25) is 5.02 Å². The average Bonchev–Trinajstić information content (AvgIpc) is 3.16. The van der Waals surface area contributed by atoms with E-state index < -0.39 is 0 Å². The first-order valence-electron chi connectivity index (χ1n) is 7.96. The van der Waals surface area contributed by atoms with E-state index in [1.165, 1.54) is 15.9 Å². The summed E-state index contributed by atoms with van der Waals surface area (Å²) in [4.78, 5) is 19.7. The van der Waals surface area contributed by atoms with Crippen molar-refractivity contribution in [2.24, 2.45) is 0 Å². The molecule has 0 atom stereocenters. The normalized spacial score (nSPS) is 12.0. The van der Waals surface area contributed by atoms with E-state index in [1.807, 2.05) is 61.5 Å². The molecule has 0 spiro atoms. The number of hydrogen-bond donors (Lipinski definition) is 0. The first-order valence-corrected chi connectivity index (χ1v) is 9.15. The van der Waals surface area contributed by atoms with Gasteiger partial charge < -0.3 is 4.90 Å². The number of halogens is 1. The van der Waals surface area contributed by atoms with Gasteiger partial charge in [-0.05, 0) is 35.9 Å². The van der Waals surface area contributed by atoms with Gasteiger partial charge in [0.25, 0.3) is 5.56 Å². The van der Waals surface area contributed by atoms with Crippen molar-refractivity contribution in [3.05, 3.63) is 74.0 Å². The number of benzene rings is 2. The lowest BCUT2D eigenvalue weighted by atomic mass is 10.2. The molecule has 0 fully saturated rings. The third-order valence-corrected chi connectivity index (χ3v) is 5.17. The zero-order valence-corrected chi connectivity index (χ0v) is 15.8. The maximum absolute atomic E-state index is 12.6. The van der Waals surface area contributed by atoms with E-state index in [1.54, 1.807) is 12.1 Å². The summed E-state index contributed by atoms with van der Waals surface area (Å²) in [5.74, 6) is 0.498. The van der Waals surface area contributed by atoms with Crippen LogP contribution in [0.1, 0.15) is 5.56 Å². The maximum atomic E-state index is 12.6. The number of aromatic nitrogens is 3. The van der Waals surface area contributed by atoms with Crippen LogP contribution in [-0.4, -0.2) is 28.7 Å². The van der Waals surface area contributed by atoms with Gasteiger partial charge in [-0.2, -0.15) is 9.50 Å². The van der Waals surface area contributed by atoms with Crippen LogP contribution in [0.25, 0.3) is 22.4 Å². The highest BCUT2D eigenvalue weighted by Crippen LogP contribution is 2.20. The Kier molecular flexibility index (Phi) is 4.22. The fourth-order valence-corrected chi connectivity index (χ4v) is 3.70. The minimum Gasteiger partial charge on any atom is -0.378 e. The van der Waals surface area contributed by atoms with Crippen LogP contribution in [0.4, 0.5) is 5.69 Å². The first kappa shape index (κ1) is 16.8. The molecule has 4 aromatic rings. The minimum absolute atomic E-state index is 0.164. The van der Waals surface area contributed by atoms with E-state index in [4.69, 9.17) is 11.6 Å². The number of fused-ring (bicyclic) bond motifs is 1. The summed E-state index contributed by atoms with van der Waals surface area (Å²) in [5.41, 5.74) is 2.70. The fraction of sp³-hybridized carbons (Fsp3) is 0.105. The molecule has 0 amide bonds. The average molecular weight is 383 g/mol. The standard InChI is InChI=1S/C19H15ClN4OS/c1-23(2)15-8-6-12(7-9-15)10-16-18(25)24-19(26-16)21-17(22-24)13-4-3-5-14(20)11-13/h3-11H,1-2H3. The molecule has 0 bridgehead atoms. The monoisotopic (exact) mass is 382 g/mol. The topological polar surface area (TPSA) is 50.5 Å². The third kappa shape index (κ3) is 3.09. The summed E-state index contributed by atoms with van der Waals surface area (Å²) in [5, 5.41) is 4.95. The Bertz CT molecular complexity index is 1190. The second-order valence-corrected chi connectivity index (χ2v) is 7.49. The molecule has 2 aromatic heterocycles. The van der Waals surface area contributed by atoms with Gasteiger partial charge in [0, 0.05) is 30.4 Å². The van der Waals surface area contributed by atoms with Crippen molar-refractivity contribution >= 4 is 39.7 Å². The van der Waals surface area contributed by atoms with Crippen molar-refractivity contribution in [1.29, 1.82) is 0 Å². The van der Waals surface area contributed by atoms with Crippen LogP contribution in [0.3, 0.4) is 0 Å². The van der Waals surface area contributed by atoms with Crippen LogP contribution >= 0.6 is 22.9 Å².